The second-order valence-corrected chi connectivity index (χ2v) is 6.53. The molecule has 0 saturated carbocycles. The average molecular weight is 375 g/mol. The molecule has 0 aliphatic carbocycles. The van der Waals surface area contributed by atoms with Gasteiger partial charge < -0.3 is 19.3 Å². The molecule has 8 nitrogen and oxygen atoms in total. The molecule has 0 atom stereocenters. The Morgan fingerprint density at radius 1 is 0.875 bits per heavy atom. The summed E-state index contributed by atoms with van der Waals surface area (Å²) in [7, 11) is -7.02. The second kappa shape index (κ2) is 10.2. The maximum absolute atomic E-state index is 10.7. The van der Waals surface area contributed by atoms with Crippen LogP contribution in [-0.2, 0) is 15.7 Å². The third-order valence-electron chi connectivity index (χ3n) is 2.47. The minimum absolute atomic E-state index is 0.389. The van der Waals surface area contributed by atoms with E-state index in [1.54, 1.807) is 24.3 Å². The van der Waals surface area contributed by atoms with Gasteiger partial charge in [0.25, 0.3) is 0 Å². The quantitative estimate of drug-likeness (QED) is 0.566. The maximum Gasteiger partial charge on any atom is 0.692 e. The second-order valence-electron chi connectivity index (χ2n) is 4.44. The van der Waals surface area contributed by atoms with Gasteiger partial charge in [-0.3, -0.25) is 4.57 Å². The average Bonchev–Trinajstić information content (AvgIpc) is 2.52. The molecule has 10 heteroatoms. The van der Waals surface area contributed by atoms with Gasteiger partial charge in [0.1, 0.15) is 18.1 Å². The molecule has 0 bridgehead atoms. The van der Waals surface area contributed by atoms with Gasteiger partial charge in [-0.2, -0.15) is 0 Å². The summed E-state index contributed by atoms with van der Waals surface area (Å²) in [4.78, 5) is 31.7. The van der Waals surface area contributed by atoms with Gasteiger partial charge in [0.15, 0.2) is 6.35 Å². The minimum atomic E-state index is -4.15. The lowest BCUT2D eigenvalue weighted by atomic mass is 10.2. The molecule has 0 amide bonds. The van der Waals surface area contributed by atoms with Crippen LogP contribution in [0.25, 0.3) is 0 Å². The standard InChI is InChI=1S/C14H15O5P.HO3P/c15-20(16,17)11-19-14-8-6-13(7-9-14)18-10-12-4-2-1-3-5-12;1-4(2)3/h1-9H,10-11H2,(H2,15,16,17);(H-,1,2,3)/p+1. The van der Waals surface area contributed by atoms with Crippen LogP contribution >= 0.6 is 15.9 Å². The Hall–Kier alpha value is -1.79. The molecule has 24 heavy (non-hydrogen) atoms. The first-order chi connectivity index (χ1) is 11.3. The van der Waals surface area contributed by atoms with E-state index in [1.165, 1.54) is 0 Å². The highest BCUT2D eigenvalue weighted by atomic mass is 31.2. The summed E-state index contributed by atoms with van der Waals surface area (Å²) in [6.07, 6.45) is -0.628. The van der Waals surface area contributed by atoms with Crippen molar-refractivity contribution in [2.45, 2.75) is 6.61 Å². The van der Waals surface area contributed by atoms with Crippen molar-refractivity contribution in [3.8, 4) is 11.5 Å². The van der Waals surface area contributed by atoms with E-state index in [2.05, 4.69) is 0 Å². The molecule has 0 radical (unpaired) electrons. The lowest BCUT2D eigenvalue weighted by Crippen LogP contribution is -1.98. The monoisotopic (exact) mass is 375 g/mol. The molecule has 2 aromatic rings. The van der Waals surface area contributed by atoms with E-state index in [0.29, 0.717) is 18.1 Å². The third kappa shape index (κ3) is 10.1. The van der Waals surface area contributed by atoms with Gasteiger partial charge in [-0.1, -0.05) is 30.3 Å². The van der Waals surface area contributed by atoms with Gasteiger partial charge >= 0.3 is 15.9 Å². The Kier molecular flexibility index (Phi) is 8.57. The fraction of sp³-hybridized carbons (Fsp3) is 0.143. The van der Waals surface area contributed by atoms with Crippen molar-refractivity contribution in [1.82, 2.24) is 0 Å². The summed E-state index contributed by atoms with van der Waals surface area (Å²) < 4.78 is 29.9. The summed E-state index contributed by atoms with van der Waals surface area (Å²) in [6.45, 7) is 0.462. The highest BCUT2D eigenvalue weighted by Gasteiger charge is 2.13. The zero-order valence-corrected chi connectivity index (χ0v) is 14.2. The molecule has 0 fully saturated rings. The van der Waals surface area contributed by atoms with Crippen LogP contribution < -0.4 is 9.47 Å². The normalized spacial score (nSPS) is 10.3. The SMILES string of the molecule is O=P(O)(O)COc1ccc(OCc2ccccc2)cc1.O=[P+](O)O. The number of rotatable bonds is 6. The Morgan fingerprint density at radius 2 is 1.33 bits per heavy atom. The zero-order valence-electron chi connectivity index (χ0n) is 12.4. The van der Waals surface area contributed by atoms with Crippen molar-refractivity contribution in [3.05, 3.63) is 60.2 Å². The van der Waals surface area contributed by atoms with Crippen molar-refractivity contribution in [2.24, 2.45) is 0 Å². The van der Waals surface area contributed by atoms with Gasteiger partial charge in [-0.15, -0.1) is 9.79 Å². The summed E-state index contributed by atoms with van der Waals surface area (Å²) in [5.74, 6) is 1.05. The van der Waals surface area contributed by atoms with E-state index in [-0.39, 0.29) is 0 Å². The van der Waals surface area contributed by atoms with E-state index in [1.807, 2.05) is 30.3 Å². The number of ether oxygens (including phenoxy) is 2. The lowest BCUT2D eigenvalue weighted by molar-refractivity contribution is 0.296. The number of hydrogen-bond acceptors (Lipinski definition) is 4. The zero-order chi connectivity index (χ0) is 18.0. The first kappa shape index (κ1) is 20.3. The Bertz CT molecular complexity index is 665. The highest BCUT2D eigenvalue weighted by Crippen LogP contribution is 2.34. The van der Waals surface area contributed by atoms with E-state index in [4.69, 9.17) is 33.6 Å². The summed E-state index contributed by atoms with van der Waals surface area (Å²) in [5, 5.41) is 0. The van der Waals surface area contributed by atoms with Gasteiger partial charge in [0, 0.05) is 4.57 Å². The maximum atomic E-state index is 10.7. The Balaban J connectivity index is 0.000000648. The minimum Gasteiger partial charge on any atom is -0.489 e. The van der Waals surface area contributed by atoms with Crippen LogP contribution in [-0.4, -0.2) is 25.9 Å². The molecule has 0 aliphatic heterocycles. The molecular weight excluding hydrogens is 358 g/mol. The molecule has 4 N–H and O–H groups in total. The summed E-state index contributed by atoms with van der Waals surface area (Å²) in [6, 6.07) is 16.4. The van der Waals surface area contributed by atoms with Crippen molar-refractivity contribution in [2.75, 3.05) is 6.35 Å². The number of benzene rings is 2. The van der Waals surface area contributed by atoms with E-state index in [9.17, 15) is 4.57 Å². The molecule has 0 spiro atoms. The predicted octanol–water partition coefficient (Wildman–Crippen LogP) is 2.41. The van der Waals surface area contributed by atoms with Crippen LogP contribution in [0.15, 0.2) is 54.6 Å². The van der Waals surface area contributed by atoms with Gasteiger partial charge in [0.2, 0.25) is 0 Å². The third-order valence-corrected chi connectivity index (χ3v) is 2.94. The van der Waals surface area contributed by atoms with Crippen LogP contribution in [0.3, 0.4) is 0 Å². The van der Waals surface area contributed by atoms with E-state index >= 15 is 0 Å². The van der Waals surface area contributed by atoms with Crippen molar-refractivity contribution in [1.29, 1.82) is 0 Å². The van der Waals surface area contributed by atoms with E-state index < -0.39 is 22.2 Å². The summed E-state index contributed by atoms with van der Waals surface area (Å²) in [5.41, 5.74) is 1.06. The first-order valence-electron chi connectivity index (χ1n) is 6.55. The fourth-order valence-corrected chi connectivity index (χ4v) is 1.85. The molecule has 0 aromatic heterocycles. The molecule has 0 aliphatic rings. The largest absolute Gasteiger partial charge is 0.692 e. The molecule has 2 aromatic carbocycles. The molecule has 0 heterocycles. The van der Waals surface area contributed by atoms with Crippen LogP contribution in [0.1, 0.15) is 5.56 Å². The first-order valence-corrected chi connectivity index (χ1v) is 9.52. The van der Waals surface area contributed by atoms with Gasteiger partial charge in [0.05, 0.1) is 0 Å². The Labute approximate surface area is 139 Å². The van der Waals surface area contributed by atoms with Crippen LogP contribution in [0.2, 0.25) is 0 Å². The van der Waals surface area contributed by atoms with Gasteiger partial charge in [-0.05, 0) is 29.8 Å². The predicted molar refractivity (Wildman–Crippen MR) is 86.8 cm³/mol. The Morgan fingerprint density at radius 3 is 1.79 bits per heavy atom. The van der Waals surface area contributed by atoms with Crippen LogP contribution in [0, 0.1) is 0 Å². The van der Waals surface area contributed by atoms with Crippen molar-refractivity contribution >= 4 is 15.9 Å². The fourth-order valence-electron chi connectivity index (χ4n) is 1.53. The van der Waals surface area contributed by atoms with Crippen LogP contribution in [0.4, 0.5) is 0 Å². The molecule has 2 rings (SSSR count). The molecule has 0 unspecified atom stereocenters. The summed E-state index contributed by atoms with van der Waals surface area (Å²) >= 11 is 0. The highest BCUT2D eigenvalue weighted by molar-refractivity contribution is 7.51. The topological polar surface area (TPSA) is 134 Å². The van der Waals surface area contributed by atoms with Crippen LogP contribution in [0.5, 0.6) is 11.5 Å². The van der Waals surface area contributed by atoms with E-state index in [0.717, 1.165) is 5.56 Å². The molecule has 130 valence electrons. The number of hydrogen-bond donors (Lipinski definition) is 4. The lowest BCUT2D eigenvalue weighted by Gasteiger charge is -2.09. The van der Waals surface area contributed by atoms with Gasteiger partial charge in [-0.25, -0.2) is 0 Å². The smallest absolute Gasteiger partial charge is 0.489 e. The molecular formula is C14H17O8P2+. The van der Waals surface area contributed by atoms with Crippen molar-refractivity contribution < 1.29 is 38.2 Å². The molecule has 0 saturated heterocycles. The van der Waals surface area contributed by atoms with Crippen molar-refractivity contribution in [3.63, 3.8) is 0 Å².